The second-order valence-electron chi connectivity index (χ2n) is 12.6. The topological polar surface area (TPSA) is 3.24 Å². The fourth-order valence-electron chi connectivity index (χ4n) is 7.57. The molecule has 0 saturated heterocycles. The summed E-state index contributed by atoms with van der Waals surface area (Å²) in [6.45, 7) is 4.75. The molecule has 1 aliphatic rings. The Morgan fingerprint density at radius 2 is 1.18 bits per heavy atom. The van der Waals surface area contributed by atoms with Gasteiger partial charge in [-0.25, -0.2) is 0 Å². The van der Waals surface area contributed by atoms with Crippen molar-refractivity contribution in [3.8, 4) is 22.3 Å². The molecule has 0 bridgehead atoms. The SMILES string of the molecule is CC1(C)c2ccccc2-c2cc(N(c3ccc4c(c3)sc3ccccc34)c3cccc4ccccc34)cc(-c3ccccc3)c21. The van der Waals surface area contributed by atoms with Gasteiger partial charge in [0, 0.05) is 42.3 Å². The minimum Gasteiger partial charge on any atom is -0.310 e. The van der Waals surface area contributed by atoms with E-state index in [1.807, 2.05) is 11.3 Å². The molecule has 0 atom stereocenters. The molecule has 1 aliphatic carbocycles. The van der Waals surface area contributed by atoms with Crippen molar-refractivity contribution in [1.82, 2.24) is 0 Å². The van der Waals surface area contributed by atoms with Crippen LogP contribution in [0.4, 0.5) is 17.1 Å². The summed E-state index contributed by atoms with van der Waals surface area (Å²) in [6, 6.07) is 55.9. The predicted molar refractivity (Wildman–Crippen MR) is 195 cm³/mol. The van der Waals surface area contributed by atoms with Gasteiger partial charge in [0.2, 0.25) is 0 Å². The lowest BCUT2D eigenvalue weighted by Crippen LogP contribution is -2.17. The molecule has 0 saturated carbocycles. The van der Waals surface area contributed by atoms with Crippen molar-refractivity contribution in [2.75, 3.05) is 4.90 Å². The highest BCUT2D eigenvalue weighted by Crippen LogP contribution is 2.55. The molecule has 0 aliphatic heterocycles. The summed E-state index contributed by atoms with van der Waals surface area (Å²) in [6.07, 6.45) is 0. The van der Waals surface area contributed by atoms with Gasteiger partial charge < -0.3 is 4.90 Å². The molecule has 0 amide bonds. The van der Waals surface area contributed by atoms with Crippen molar-refractivity contribution in [2.45, 2.75) is 19.3 Å². The van der Waals surface area contributed by atoms with Crippen LogP contribution in [0.1, 0.15) is 25.0 Å². The van der Waals surface area contributed by atoms with Crippen LogP contribution in [0, 0.1) is 0 Å². The highest BCUT2D eigenvalue weighted by atomic mass is 32.1. The van der Waals surface area contributed by atoms with E-state index in [-0.39, 0.29) is 5.41 Å². The minimum absolute atomic E-state index is 0.115. The first-order valence-electron chi connectivity index (χ1n) is 15.6. The summed E-state index contributed by atoms with van der Waals surface area (Å²) in [5.74, 6) is 0. The summed E-state index contributed by atoms with van der Waals surface area (Å²) in [5, 5.41) is 5.10. The third-order valence-electron chi connectivity index (χ3n) is 9.61. The first kappa shape index (κ1) is 26.2. The van der Waals surface area contributed by atoms with Gasteiger partial charge in [-0.2, -0.15) is 0 Å². The molecule has 0 fully saturated rings. The highest BCUT2D eigenvalue weighted by molar-refractivity contribution is 7.25. The number of fused-ring (bicyclic) bond motifs is 7. The Balaban J connectivity index is 1.37. The third-order valence-corrected chi connectivity index (χ3v) is 10.7. The molecular weight excluding hydrogens is 563 g/mol. The van der Waals surface area contributed by atoms with Gasteiger partial charge in [-0.1, -0.05) is 129 Å². The van der Waals surface area contributed by atoms with Gasteiger partial charge in [0.05, 0.1) is 5.69 Å². The molecule has 9 rings (SSSR count). The Morgan fingerprint density at radius 3 is 2.07 bits per heavy atom. The van der Waals surface area contributed by atoms with E-state index in [1.54, 1.807) is 0 Å². The summed E-state index contributed by atoms with van der Waals surface area (Å²) in [7, 11) is 0. The van der Waals surface area contributed by atoms with Crippen molar-refractivity contribution in [3.63, 3.8) is 0 Å². The van der Waals surface area contributed by atoms with Crippen LogP contribution in [-0.4, -0.2) is 0 Å². The molecule has 1 nitrogen and oxygen atoms in total. The van der Waals surface area contributed by atoms with Crippen molar-refractivity contribution in [1.29, 1.82) is 0 Å². The Bertz CT molecular complexity index is 2410. The average Bonchev–Trinajstić information content (AvgIpc) is 3.57. The van der Waals surface area contributed by atoms with Crippen molar-refractivity contribution in [2.24, 2.45) is 0 Å². The molecule has 214 valence electrons. The lowest BCUT2D eigenvalue weighted by molar-refractivity contribution is 0.662. The second kappa shape index (κ2) is 9.92. The Kier molecular flexibility index (Phi) is 5.78. The first-order valence-corrected chi connectivity index (χ1v) is 16.4. The van der Waals surface area contributed by atoms with E-state index in [9.17, 15) is 0 Å². The lowest BCUT2D eigenvalue weighted by atomic mass is 9.78. The molecule has 7 aromatic carbocycles. The number of nitrogens with zero attached hydrogens (tertiary/aromatic N) is 1. The minimum atomic E-state index is -0.115. The molecule has 0 spiro atoms. The van der Waals surface area contributed by atoms with E-state index < -0.39 is 0 Å². The van der Waals surface area contributed by atoms with Crippen molar-refractivity contribution >= 4 is 59.3 Å². The first-order chi connectivity index (χ1) is 22.1. The molecule has 0 radical (unpaired) electrons. The number of anilines is 3. The molecule has 2 heteroatoms. The van der Waals surface area contributed by atoms with E-state index in [0.29, 0.717) is 0 Å². The number of benzene rings is 7. The van der Waals surface area contributed by atoms with Gasteiger partial charge in [-0.05, 0) is 75.2 Å². The van der Waals surface area contributed by atoms with Crippen LogP contribution >= 0.6 is 11.3 Å². The largest absolute Gasteiger partial charge is 0.310 e. The summed E-state index contributed by atoms with van der Waals surface area (Å²) >= 11 is 1.87. The van der Waals surface area contributed by atoms with Gasteiger partial charge in [-0.3, -0.25) is 0 Å². The quantitative estimate of drug-likeness (QED) is 0.196. The molecule has 8 aromatic rings. The van der Waals surface area contributed by atoms with Gasteiger partial charge in [0.25, 0.3) is 0 Å². The number of hydrogen-bond acceptors (Lipinski definition) is 2. The van der Waals surface area contributed by atoms with Crippen LogP contribution in [0.25, 0.3) is 53.2 Å². The Morgan fingerprint density at radius 1 is 0.489 bits per heavy atom. The fourth-order valence-corrected chi connectivity index (χ4v) is 8.71. The van der Waals surface area contributed by atoms with E-state index in [0.717, 1.165) is 11.4 Å². The zero-order valence-corrected chi connectivity index (χ0v) is 26.1. The van der Waals surface area contributed by atoms with Crippen LogP contribution in [0.15, 0.2) is 152 Å². The maximum atomic E-state index is 2.48. The van der Waals surface area contributed by atoms with E-state index in [2.05, 4.69) is 170 Å². The van der Waals surface area contributed by atoms with Crippen LogP contribution in [-0.2, 0) is 5.41 Å². The maximum absolute atomic E-state index is 2.48. The van der Waals surface area contributed by atoms with Crippen LogP contribution in [0.3, 0.4) is 0 Å². The standard InChI is InChI=1S/C43H31NS/c1-43(2)38-20-10-8-18-33(38)37-26-31(25-36(42(37)43)29-13-4-3-5-14-29)44(39-21-12-16-28-15-6-7-17-32(28)39)30-23-24-35-34-19-9-11-22-40(34)45-41(35)27-30/h3-27H,1-2H3. The number of thiophene rings is 1. The Labute approximate surface area is 267 Å². The molecule has 1 heterocycles. The van der Waals surface area contributed by atoms with Gasteiger partial charge in [-0.15, -0.1) is 11.3 Å². The lowest BCUT2D eigenvalue weighted by Gasteiger charge is -2.30. The molecule has 1 aromatic heterocycles. The van der Waals surface area contributed by atoms with Gasteiger partial charge in [0.1, 0.15) is 0 Å². The van der Waals surface area contributed by atoms with Crippen molar-refractivity contribution < 1.29 is 0 Å². The summed E-state index contributed by atoms with van der Waals surface area (Å²) in [4.78, 5) is 2.48. The van der Waals surface area contributed by atoms with Crippen LogP contribution in [0.2, 0.25) is 0 Å². The van der Waals surface area contributed by atoms with Crippen LogP contribution in [0.5, 0.6) is 0 Å². The summed E-state index contributed by atoms with van der Waals surface area (Å²) in [5.41, 5.74) is 11.4. The third kappa shape index (κ3) is 3.99. The highest BCUT2D eigenvalue weighted by Gasteiger charge is 2.38. The fraction of sp³-hybridized carbons (Fsp3) is 0.0698. The number of rotatable bonds is 4. The second-order valence-corrected chi connectivity index (χ2v) is 13.6. The Hall–Kier alpha value is -5.18. The van der Waals surface area contributed by atoms with E-state index in [4.69, 9.17) is 0 Å². The zero-order valence-electron chi connectivity index (χ0n) is 25.3. The normalized spacial score (nSPS) is 13.3. The van der Waals surface area contributed by atoms with Crippen molar-refractivity contribution in [3.05, 3.63) is 163 Å². The van der Waals surface area contributed by atoms with Gasteiger partial charge in [0.15, 0.2) is 0 Å². The summed E-state index contributed by atoms with van der Waals surface area (Å²) < 4.78 is 2.62. The molecule has 0 N–H and O–H groups in total. The van der Waals surface area contributed by atoms with Gasteiger partial charge >= 0.3 is 0 Å². The average molecular weight is 594 g/mol. The molecule has 45 heavy (non-hydrogen) atoms. The van der Waals surface area contributed by atoms with E-state index >= 15 is 0 Å². The number of hydrogen-bond donors (Lipinski definition) is 0. The van der Waals surface area contributed by atoms with E-state index in [1.165, 1.54) is 70.0 Å². The smallest absolute Gasteiger partial charge is 0.0540 e. The maximum Gasteiger partial charge on any atom is 0.0540 e. The predicted octanol–water partition coefficient (Wildman–Crippen LogP) is 12.7. The molecule has 0 unspecified atom stereocenters. The van der Waals surface area contributed by atoms with Crippen LogP contribution < -0.4 is 4.90 Å². The monoisotopic (exact) mass is 593 g/mol. The molecular formula is C43H31NS. The zero-order chi connectivity index (χ0) is 30.1.